The Kier molecular flexibility index (Phi) is 3.06. The lowest BCUT2D eigenvalue weighted by atomic mass is 9.88. The monoisotopic (exact) mass is 383 g/mol. The molecule has 3 heterocycles. The fourth-order valence-electron chi connectivity index (χ4n) is 4.99. The van der Waals surface area contributed by atoms with Gasteiger partial charge >= 0.3 is 0 Å². The van der Waals surface area contributed by atoms with E-state index in [9.17, 15) is 0 Å². The van der Waals surface area contributed by atoms with E-state index in [4.69, 9.17) is 9.97 Å². The molecule has 0 N–H and O–H groups in total. The molecule has 0 atom stereocenters. The summed E-state index contributed by atoms with van der Waals surface area (Å²) >= 11 is 0. The van der Waals surface area contributed by atoms with E-state index in [0.717, 1.165) is 17.8 Å². The van der Waals surface area contributed by atoms with Crippen LogP contribution in [0, 0.1) is 0 Å². The molecule has 0 radical (unpaired) electrons. The molecule has 0 fully saturated rings. The number of benzene rings is 3. The first kappa shape index (κ1) is 15.9. The number of nitrogens with zero attached hydrogens (tertiary/aromatic N) is 3. The molecule has 0 saturated heterocycles. The fourth-order valence-corrected chi connectivity index (χ4v) is 4.99. The molecule has 30 heavy (non-hydrogen) atoms. The SMILES string of the molecule is c1ccc(-n2c3ccccc3c3cc4c(cc32)Cc2nccc3ccnc-4c23)cc1. The van der Waals surface area contributed by atoms with Gasteiger partial charge in [-0.15, -0.1) is 0 Å². The lowest BCUT2D eigenvalue weighted by molar-refractivity contribution is 1.08. The fraction of sp³-hybridized carbons (Fsp3) is 0.0370. The maximum Gasteiger partial charge on any atom is 0.0801 e. The molecule has 1 aliphatic carbocycles. The molecule has 3 nitrogen and oxygen atoms in total. The van der Waals surface area contributed by atoms with Crippen LogP contribution in [-0.2, 0) is 6.42 Å². The van der Waals surface area contributed by atoms with Gasteiger partial charge in [-0.2, -0.15) is 0 Å². The molecule has 1 aliphatic rings. The zero-order chi connectivity index (χ0) is 19.7. The average Bonchev–Trinajstić information content (AvgIpc) is 3.12. The second kappa shape index (κ2) is 5.77. The van der Waals surface area contributed by atoms with Crippen LogP contribution in [0.3, 0.4) is 0 Å². The van der Waals surface area contributed by atoms with E-state index >= 15 is 0 Å². The molecule has 3 heteroatoms. The van der Waals surface area contributed by atoms with Crippen LogP contribution < -0.4 is 0 Å². The molecule has 0 saturated carbocycles. The molecule has 3 aromatic heterocycles. The van der Waals surface area contributed by atoms with Crippen molar-refractivity contribution in [2.24, 2.45) is 0 Å². The van der Waals surface area contributed by atoms with E-state index in [1.807, 2.05) is 12.4 Å². The minimum absolute atomic E-state index is 0.831. The molecule has 0 spiro atoms. The van der Waals surface area contributed by atoms with E-state index in [0.29, 0.717) is 0 Å². The maximum absolute atomic E-state index is 4.78. The second-order valence-corrected chi connectivity index (χ2v) is 7.91. The van der Waals surface area contributed by atoms with Crippen molar-refractivity contribution in [2.75, 3.05) is 0 Å². The Morgan fingerprint density at radius 2 is 1.50 bits per heavy atom. The largest absolute Gasteiger partial charge is 0.309 e. The molecule has 3 aromatic carbocycles. The van der Waals surface area contributed by atoms with Crippen molar-refractivity contribution in [2.45, 2.75) is 6.42 Å². The third-order valence-corrected chi connectivity index (χ3v) is 6.28. The standard InChI is InChI=1S/C27H17N3/c1-2-6-19(7-3-1)30-24-9-5-4-8-20(24)22-16-21-18(15-25(22)30)14-23-26-17(10-12-28-23)11-13-29-27(21)26/h1-13,15-16H,14H2. The zero-order valence-corrected chi connectivity index (χ0v) is 16.2. The van der Waals surface area contributed by atoms with Crippen molar-refractivity contribution in [3.63, 3.8) is 0 Å². The first-order valence-corrected chi connectivity index (χ1v) is 10.2. The van der Waals surface area contributed by atoms with Crippen LogP contribution in [0.15, 0.2) is 91.3 Å². The molecule has 0 aliphatic heterocycles. The first-order chi connectivity index (χ1) is 14.9. The maximum atomic E-state index is 4.78. The van der Waals surface area contributed by atoms with E-state index in [1.165, 1.54) is 49.4 Å². The summed E-state index contributed by atoms with van der Waals surface area (Å²) in [6, 6.07) is 28.1. The van der Waals surface area contributed by atoms with Crippen LogP contribution in [0.4, 0.5) is 0 Å². The Morgan fingerprint density at radius 3 is 2.40 bits per heavy atom. The van der Waals surface area contributed by atoms with Crippen molar-refractivity contribution in [3.05, 3.63) is 103 Å². The third-order valence-electron chi connectivity index (χ3n) is 6.28. The summed E-state index contributed by atoms with van der Waals surface area (Å²) in [6.45, 7) is 0. The summed E-state index contributed by atoms with van der Waals surface area (Å²) in [5.74, 6) is 0. The number of fused-ring (bicyclic) bond motifs is 5. The summed E-state index contributed by atoms with van der Waals surface area (Å²) in [4.78, 5) is 9.48. The van der Waals surface area contributed by atoms with Gasteiger partial charge in [0.15, 0.2) is 0 Å². The van der Waals surface area contributed by atoms with Crippen molar-refractivity contribution in [1.29, 1.82) is 0 Å². The van der Waals surface area contributed by atoms with Crippen molar-refractivity contribution < 1.29 is 0 Å². The Bertz CT molecular complexity index is 1610. The molecule has 6 aromatic rings. The molecular weight excluding hydrogens is 366 g/mol. The van der Waals surface area contributed by atoms with Crippen LogP contribution in [0.25, 0.3) is 49.5 Å². The summed E-state index contributed by atoms with van der Waals surface area (Å²) in [5.41, 5.74) is 8.31. The van der Waals surface area contributed by atoms with E-state index in [-0.39, 0.29) is 0 Å². The molecule has 0 amide bonds. The first-order valence-electron chi connectivity index (χ1n) is 10.2. The number of hydrogen-bond donors (Lipinski definition) is 0. The highest BCUT2D eigenvalue weighted by Crippen LogP contribution is 2.41. The number of rotatable bonds is 1. The van der Waals surface area contributed by atoms with E-state index in [2.05, 4.69) is 83.4 Å². The average molecular weight is 383 g/mol. The normalized spacial score (nSPS) is 12.5. The second-order valence-electron chi connectivity index (χ2n) is 7.91. The predicted molar refractivity (Wildman–Crippen MR) is 122 cm³/mol. The van der Waals surface area contributed by atoms with E-state index in [1.54, 1.807) is 0 Å². The van der Waals surface area contributed by atoms with Gasteiger partial charge in [-0.25, -0.2) is 0 Å². The Balaban J connectivity index is 1.63. The smallest absolute Gasteiger partial charge is 0.0801 e. The van der Waals surface area contributed by atoms with Crippen LogP contribution in [-0.4, -0.2) is 14.5 Å². The van der Waals surface area contributed by atoms with Gasteiger partial charge in [0.1, 0.15) is 0 Å². The van der Waals surface area contributed by atoms with E-state index < -0.39 is 0 Å². The minimum Gasteiger partial charge on any atom is -0.309 e. The Morgan fingerprint density at radius 1 is 0.700 bits per heavy atom. The van der Waals surface area contributed by atoms with Gasteiger partial charge in [0, 0.05) is 46.2 Å². The van der Waals surface area contributed by atoms with Crippen LogP contribution in [0.1, 0.15) is 11.3 Å². The highest BCUT2D eigenvalue weighted by molar-refractivity contribution is 6.12. The minimum atomic E-state index is 0.831. The van der Waals surface area contributed by atoms with Crippen LogP contribution in [0.2, 0.25) is 0 Å². The molecule has 0 unspecified atom stereocenters. The summed E-state index contributed by atoms with van der Waals surface area (Å²) in [5, 5.41) is 4.93. The van der Waals surface area contributed by atoms with Crippen LogP contribution in [0.5, 0.6) is 0 Å². The zero-order valence-electron chi connectivity index (χ0n) is 16.2. The highest BCUT2D eigenvalue weighted by Gasteiger charge is 2.23. The quantitative estimate of drug-likeness (QED) is 0.333. The molecular formula is C27H17N3. The topological polar surface area (TPSA) is 30.7 Å². The third kappa shape index (κ3) is 2.04. The summed E-state index contributed by atoms with van der Waals surface area (Å²) < 4.78 is 2.37. The lowest BCUT2D eigenvalue weighted by Gasteiger charge is -2.19. The highest BCUT2D eigenvalue weighted by atomic mass is 15.0. The van der Waals surface area contributed by atoms with Gasteiger partial charge < -0.3 is 4.57 Å². The van der Waals surface area contributed by atoms with Gasteiger partial charge in [-0.3, -0.25) is 9.97 Å². The summed E-state index contributed by atoms with van der Waals surface area (Å²) in [6.07, 6.45) is 4.65. The number of pyridine rings is 2. The number of para-hydroxylation sites is 2. The Labute approximate surface area is 173 Å². The molecule has 140 valence electrons. The Hall–Kier alpha value is -3.98. The number of aromatic nitrogens is 3. The molecule has 7 rings (SSSR count). The van der Waals surface area contributed by atoms with Gasteiger partial charge in [-0.05, 0) is 53.4 Å². The van der Waals surface area contributed by atoms with Crippen LogP contribution >= 0.6 is 0 Å². The van der Waals surface area contributed by atoms with Crippen molar-refractivity contribution in [3.8, 4) is 16.9 Å². The number of hydrogen-bond acceptors (Lipinski definition) is 2. The van der Waals surface area contributed by atoms with Gasteiger partial charge in [0.25, 0.3) is 0 Å². The van der Waals surface area contributed by atoms with Crippen molar-refractivity contribution in [1.82, 2.24) is 14.5 Å². The lowest BCUT2D eigenvalue weighted by Crippen LogP contribution is -2.05. The van der Waals surface area contributed by atoms with Gasteiger partial charge in [0.05, 0.1) is 22.4 Å². The predicted octanol–water partition coefficient (Wildman–Crippen LogP) is 6.30. The summed E-state index contributed by atoms with van der Waals surface area (Å²) in [7, 11) is 0. The van der Waals surface area contributed by atoms with Gasteiger partial charge in [0.2, 0.25) is 0 Å². The van der Waals surface area contributed by atoms with Crippen molar-refractivity contribution >= 4 is 32.6 Å². The van der Waals surface area contributed by atoms with Gasteiger partial charge in [-0.1, -0.05) is 36.4 Å². The molecule has 0 bridgehead atoms.